The van der Waals surface area contributed by atoms with Gasteiger partial charge in [0.15, 0.2) is 0 Å². The number of carbonyl (C=O) groups is 1. The average molecular weight is 378 g/mol. The molecule has 1 heterocycles. The molecule has 1 aromatic carbocycles. The molecule has 0 atom stereocenters. The lowest BCUT2D eigenvalue weighted by Crippen LogP contribution is -2.38. The van der Waals surface area contributed by atoms with Crippen molar-refractivity contribution >= 4 is 22.0 Å². The van der Waals surface area contributed by atoms with Gasteiger partial charge in [-0.3, -0.25) is 4.18 Å². The summed E-state index contributed by atoms with van der Waals surface area (Å²) in [7, 11) is -3.61. The number of benzene rings is 1. The minimum Gasteiger partial charge on any atom is -0.711 e. The fourth-order valence-electron chi connectivity index (χ4n) is 1.94. The van der Waals surface area contributed by atoms with E-state index < -0.39 is 16.2 Å². The molecule has 0 spiro atoms. The Morgan fingerprint density at radius 1 is 1.19 bits per heavy atom. The van der Waals surface area contributed by atoms with Gasteiger partial charge in [-0.1, -0.05) is 36.4 Å². The van der Waals surface area contributed by atoms with E-state index in [2.05, 4.69) is 4.18 Å². The number of nitrogens with zero attached hydrogens (tertiary/aromatic N) is 2. The third-order valence-corrected chi connectivity index (χ3v) is 3.65. The highest BCUT2D eigenvalue weighted by Gasteiger charge is 2.25. The van der Waals surface area contributed by atoms with Crippen molar-refractivity contribution in [1.29, 1.82) is 0 Å². The molecule has 0 saturated carbocycles. The number of rotatable bonds is 7. The van der Waals surface area contributed by atoms with Gasteiger partial charge in [0.2, 0.25) is 0 Å². The van der Waals surface area contributed by atoms with Crippen LogP contribution in [0.1, 0.15) is 5.56 Å². The van der Waals surface area contributed by atoms with E-state index in [1.165, 1.54) is 30.6 Å². The third-order valence-electron chi connectivity index (χ3n) is 3.09. The Bertz CT molecular complexity index is 868. The lowest BCUT2D eigenvalue weighted by molar-refractivity contribution is -0.591. The second kappa shape index (κ2) is 8.97. The van der Waals surface area contributed by atoms with Crippen molar-refractivity contribution in [2.45, 2.75) is 6.61 Å². The number of anilines is 1. The molecule has 0 bridgehead atoms. The first-order chi connectivity index (χ1) is 12.4. The summed E-state index contributed by atoms with van der Waals surface area (Å²) in [5.41, 5.74) is 0.785. The van der Waals surface area contributed by atoms with Crippen molar-refractivity contribution in [3.05, 3.63) is 77.8 Å². The van der Waals surface area contributed by atoms with Crippen LogP contribution in [0.2, 0.25) is 0 Å². The number of ether oxygens (including phenoxy) is 1. The van der Waals surface area contributed by atoms with E-state index in [1.807, 2.05) is 18.2 Å². The number of amides is 1. The van der Waals surface area contributed by atoms with Gasteiger partial charge >= 0.3 is 6.09 Å². The summed E-state index contributed by atoms with van der Waals surface area (Å²) in [4.78, 5) is 13.4. The minimum atomic E-state index is -3.61. The van der Waals surface area contributed by atoms with Crippen LogP contribution >= 0.6 is 0 Å². The van der Waals surface area contributed by atoms with E-state index >= 15 is 0 Å². The molecule has 0 fully saturated rings. The molecule has 0 radical (unpaired) electrons. The highest BCUT2D eigenvalue weighted by Crippen LogP contribution is 2.12. The Kier molecular flexibility index (Phi) is 6.70. The van der Waals surface area contributed by atoms with E-state index in [4.69, 9.17) is 4.74 Å². The fraction of sp³-hybridized carbons (Fsp3) is 0.176. The van der Waals surface area contributed by atoms with Gasteiger partial charge in [0, 0.05) is 6.07 Å². The van der Waals surface area contributed by atoms with E-state index in [1.54, 1.807) is 18.2 Å². The molecule has 0 aliphatic rings. The molecule has 0 aliphatic heterocycles. The molecule has 26 heavy (non-hydrogen) atoms. The van der Waals surface area contributed by atoms with Gasteiger partial charge in [0.1, 0.15) is 12.8 Å². The summed E-state index contributed by atoms with van der Waals surface area (Å²) in [6.07, 6.45) is 3.86. The molecule has 9 heteroatoms. The smallest absolute Gasteiger partial charge is 0.512 e. The zero-order valence-electron chi connectivity index (χ0n) is 14.0. The van der Waals surface area contributed by atoms with Gasteiger partial charge in [0.05, 0.1) is 19.1 Å². The number of carbonyl (C=O) groups excluding carboxylic acids is 1. The summed E-state index contributed by atoms with van der Waals surface area (Å²) in [5.74, 6) is 0.00108. The molecule has 138 valence electrons. The molecular formula is C17H18N2O6S. The number of hydrogen-bond acceptors (Lipinski definition) is 6. The molecule has 0 unspecified atom stereocenters. The molecule has 0 aliphatic carbocycles. The molecule has 1 aromatic heterocycles. The summed E-state index contributed by atoms with van der Waals surface area (Å²) in [6.45, 7) is -0.261. The van der Waals surface area contributed by atoms with Crippen LogP contribution in [0, 0.1) is 5.21 Å². The van der Waals surface area contributed by atoms with Crippen molar-refractivity contribution in [2.75, 3.05) is 17.8 Å². The van der Waals surface area contributed by atoms with Gasteiger partial charge in [-0.2, -0.15) is 13.2 Å². The monoisotopic (exact) mass is 378 g/mol. The predicted octanol–water partition coefficient (Wildman–Crippen LogP) is 1.95. The maximum absolute atomic E-state index is 12.4. The van der Waals surface area contributed by atoms with Crippen molar-refractivity contribution in [3.8, 4) is 0 Å². The molecule has 2 aromatic rings. The molecule has 8 nitrogen and oxygen atoms in total. The van der Waals surface area contributed by atoms with Crippen LogP contribution in [0.15, 0.2) is 67.0 Å². The fourth-order valence-corrected chi connectivity index (χ4v) is 2.26. The number of pyridine rings is 1. The topological polar surface area (TPSA) is 99.9 Å². The van der Waals surface area contributed by atoms with Crippen LogP contribution in [0.25, 0.3) is 0 Å². The Hall–Kier alpha value is -2.91. The van der Waals surface area contributed by atoms with E-state index in [0.717, 1.165) is 16.7 Å². The van der Waals surface area contributed by atoms with Crippen LogP contribution in [-0.2, 0) is 25.6 Å². The maximum Gasteiger partial charge on any atom is 0.512 e. The third kappa shape index (κ3) is 6.19. The van der Waals surface area contributed by atoms with Crippen molar-refractivity contribution in [1.82, 2.24) is 0 Å². The van der Waals surface area contributed by atoms with Gasteiger partial charge in [-0.25, -0.2) is 4.73 Å². The predicted molar refractivity (Wildman–Crippen MR) is 94.4 cm³/mol. The van der Waals surface area contributed by atoms with Crippen LogP contribution in [0.3, 0.4) is 0 Å². The Labute approximate surface area is 151 Å². The lowest BCUT2D eigenvalue weighted by atomic mass is 10.2. The zero-order valence-corrected chi connectivity index (χ0v) is 14.8. The number of aromatic nitrogens is 1. The lowest BCUT2D eigenvalue weighted by Gasteiger charge is -2.15. The maximum atomic E-state index is 12.4. The van der Waals surface area contributed by atoms with Crippen molar-refractivity contribution in [3.63, 3.8) is 0 Å². The van der Waals surface area contributed by atoms with Crippen LogP contribution in [-0.4, -0.2) is 27.4 Å². The van der Waals surface area contributed by atoms with Gasteiger partial charge in [0.25, 0.3) is 15.9 Å². The molecular weight excluding hydrogens is 360 g/mol. The van der Waals surface area contributed by atoms with Crippen LogP contribution in [0.4, 0.5) is 10.6 Å². The summed E-state index contributed by atoms with van der Waals surface area (Å²) >= 11 is 0. The first-order valence-corrected chi connectivity index (χ1v) is 9.37. The number of hydrogen-bond donors (Lipinski definition) is 0. The zero-order chi connectivity index (χ0) is 19.0. The largest absolute Gasteiger partial charge is 0.711 e. The van der Waals surface area contributed by atoms with Crippen LogP contribution in [0.5, 0.6) is 0 Å². The summed E-state index contributed by atoms with van der Waals surface area (Å²) < 4.78 is 32.2. The van der Waals surface area contributed by atoms with Gasteiger partial charge < -0.3 is 9.94 Å². The minimum absolute atomic E-state index is 0.00108. The second-order valence-electron chi connectivity index (χ2n) is 5.17. The highest BCUT2D eigenvalue weighted by molar-refractivity contribution is 7.85. The Balaban J connectivity index is 2.13. The first kappa shape index (κ1) is 19.4. The van der Waals surface area contributed by atoms with E-state index in [9.17, 15) is 18.4 Å². The Morgan fingerprint density at radius 3 is 2.54 bits per heavy atom. The molecule has 0 N–H and O–H groups in total. The summed E-state index contributed by atoms with van der Waals surface area (Å²) in [5, 5.41) is 11.9. The first-order valence-electron chi connectivity index (χ1n) is 7.56. The van der Waals surface area contributed by atoms with Crippen molar-refractivity contribution in [2.24, 2.45) is 0 Å². The highest BCUT2D eigenvalue weighted by atomic mass is 32.2. The molecule has 0 saturated heterocycles. The molecule has 2 rings (SSSR count). The van der Waals surface area contributed by atoms with Gasteiger partial charge in [-0.05, 0) is 17.7 Å². The van der Waals surface area contributed by atoms with E-state index in [0.29, 0.717) is 4.73 Å². The van der Waals surface area contributed by atoms with Crippen LogP contribution < -0.4 is 9.63 Å². The normalized spacial score (nSPS) is 11.4. The summed E-state index contributed by atoms with van der Waals surface area (Å²) in [6, 6.07) is 13.6. The quantitative estimate of drug-likeness (QED) is 0.415. The van der Waals surface area contributed by atoms with E-state index in [-0.39, 0.29) is 19.0 Å². The van der Waals surface area contributed by atoms with Gasteiger partial charge in [-0.15, -0.1) is 4.90 Å². The molecule has 1 amide bonds. The second-order valence-corrected chi connectivity index (χ2v) is 6.81. The SMILES string of the molecule is CS(=O)(=O)OCC=CN(C(=O)OCc1ccccc1)c1cccc[n+]1[O-]. The average Bonchev–Trinajstić information content (AvgIpc) is 2.61. The van der Waals surface area contributed by atoms with Crippen molar-refractivity contribution < 1.29 is 26.9 Å². The standard InChI is InChI=1S/C17H18N2O6S/c1-26(22,23)25-13-7-11-18(16-10-5-6-12-19(16)21)17(20)24-14-15-8-3-2-4-9-15/h2-12H,13-14H2,1H3. The Morgan fingerprint density at radius 2 is 1.88 bits per heavy atom.